The second kappa shape index (κ2) is 10.1. The van der Waals surface area contributed by atoms with Gasteiger partial charge in [-0.15, -0.1) is 0 Å². The molecule has 0 aromatic heterocycles. The minimum atomic E-state index is 0.687. The molecule has 2 aromatic carbocycles. The van der Waals surface area contributed by atoms with Crippen molar-refractivity contribution in [2.45, 2.75) is 39.7 Å². The maximum atomic E-state index is 6.64. The third-order valence-electron chi connectivity index (χ3n) is 5.27. The Morgan fingerprint density at radius 2 is 1.67 bits per heavy atom. The molecule has 1 aliphatic heterocycles. The van der Waals surface area contributed by atoms with Gasteiger partial charge in [0.25, 0.3) is 0 Å². The van der Waals surface area contributed by atoms with Gasteiger partial charge in [0.1, 0.15) is 0 Å². The van der Waals surface area contributed by atoms with Crippen molar-refractivity contribution in [1.82, 2.24) is 4.90 Å². The number of aryl methyl sites for hydroxylation is 1. The van der Waals surface area contributed by atoms with Crippen LogP contribution in [-0.4, -0.2) is 31.1 Å². The van der Waals surface area contributed by atoms with Crippen molar-refractivity contribution in [3.63, 3.8) is 0 Å². The average molecular weight is 384 g/mol. The summed E-state index contributed by atoms with van der Waals surface area (Å²) < 4.78 is 5.84. The summed E-state index contributed by atoms with van der Waals surface area (Å²) in [7, 11) is 0. The molecular weight excluding hydrogens is 354 g/mol. The Morgan fingerprint density at radius 1 is 1.00 bits per heavy atom. The number of likely N-dealkylation sites (tertiary alicyclic amines) is 1. The molecule has 1 aliphatic rings. The number of hydrogen-bond donors (Lipinski definition) is 0. The molecule has 2 nitrogen and oxygen atoms in total. The number of halogens is 1. The number of rotatable bonds is 8. The van der Waals surface area contributed by atoms with Crippen LogP contribution in [-0.2, 0) is 17.8 Å². The van der Waals surface area contributed by atoms with Crippen LogP contribution in [0.2, 0.25) is 0 Å². The zero-order chi connectivity index (χ0) is 19.1. The first-order chi connectivity index (χ1) is 13.1. The van der Waals surface area contributed by atoms with E-state index >= 15 is 0 Å². The van der Waals surface area contributed by atoms with Crippen molar-refractivity contribution < 1.29 is 4.74 Å². The van der Waals surface area contributed by atoms with Crippen LogP contribution in [0.15, 0.2) is 54.1 Å². The highest BCUT2D eigenvalue weighted by Crippen LogP contribution is 2.27. The minimum Gasteiger partial charge on any atom is -0.375 e. The topological polar surface area (TPSA) is 12.5 Å². The summed E-state index contributed by atoms with van der Waals surface area (Å²) >= 11 is 6.64. The summed E-state index contributed by atoms with van der Waals surface area (Å²) in [5, 5.41) is 0.863. The molecule has 0 N–H and O–H groups in total. The van der Waals surface area contributed by atoms with Gasteiger partial charge in [0.05, 0.1) is 13.2 Å². The van der Waals surface area contributed by atoms with Gasteiger partial charge in [0.2, 0.25) is 0 Å². The summed E-state index contributed by atoms with van der Waals surface area (Å²) in [6.07, 6.45) is 3.54. The fraction of sp³-hybridized carbons (Fsp3) is 0.417. The smallest absolute Gasteiger partial charge is 0.0717 e. The summed E-state index contributed by atoms with van der Waals surface area (Å²) in [6, 6.07) is 17.0. The molecular formula is C24H30ClNO. The number of ether oxygens (including phenoxy) is 1. The van der Waals surface area contributed by atoms with E-state index in [1.807, 2.05) is 12.1 Å². The van der Waals surface area contributed by atoms with Gasteiger partial charge in [0.15, 0.2) is 0 Å². The van der Waals surface area contributed by atoms with Gasteiger partial charge < -0.3 is 9.64 Å². The molecule has 2 aromatic rings. The Kier molecular flexibility index (Phi) is 7.51. The van der Waals surface area contributed by atoms with E-state index in [1.165, 1.54) is 48.2 Å². The van der Waals surface area contributed by atoms with Gasteiger partial charge >= 0.3 is 0 Å². The van der Waals surface area contributed by atoms with Crippen LogP contribution in [0, 0.1) is 6.92 Å². The lowest BCUT2D eigenvalue weighted by molar-refractivity contribution is 0.0992. The quantitative estimate of drug-likeness (QED) is 0.532. The first-order valence-electron chi connectivity index (χ1n) is 9.92. The zero-order valence-corrected chi connectivity index (χ0v) is 17.3. The Labute approximate surface area is 168 Å². The van der Waals surface area contributed by atoms with Crippen LogP contribution in [0.25, 0.3) is 5.03 Å². The molecule has 27 heavy (non-hydrogen) atoms. The predicted octanol–water partition coefficient (Wildman–Crippen LogP) is 5.82. The highest BCUT2D eigenvalue weighted by Gasteiger charge is 2.10. The Balaban J connectivity index is 1.51. The van der Waals surface area contributed by atoms with E-state index in [1.54, 1.807) is 0 Å². The maximum absolute atomic E-state index is 6.64. The molecule has 0 unspecified atom stereocenters. The monoisotopic (exact) mass is 383 g/mol. The molecule has 1 fully saturated rings. The second-order valence-corrected chi connectivity index (χ2v) is 7.88. The number of allylic oxidation sites excluding steroid dienone is 1. The van der Waals surface area contributed by atoms with E-state index in [0.717, 1.165) is 30.2 Å². The summed E-state index contributed by atoms with van der Waals surface area (Å²) in [5.41, 5.74) is 6.04. The van der Waals surface area contributed by atoms with E-state index < -0.39 is 0 Å². The molecule has 0 atom stereocenters. The fourth-order valence-corrected chi connectivity index (χ4v) is 3.85. The lowest BCUT2D eigenvalue weighted by atomic mass is 10.0. The van der Waals surface area contributed by atoms with Crippen LogP contribution in [0.5, 0.6) is 0 Å². The van der Waals surface area contributed by atoms with Gasteiger partial charge in [-0.3, -0.25) is 0 Å². The van der Waals surface area contributed by atoms with Crippen molar-refractivity contribution in [2.24, 2.45) is 0 Å². The normalized spacial score (nSPS) is 15.8. The summed E-state index contributed by atoms with van der Waals surface area (Å²) in [4.78, 5) is 2.48. The van der Waals surface area contributed by atoms with Crippen molar-refractivity contribution in [3.05, 3.63) is 76.4 Å². The SMILES string of the molecule is C/C(Cc1ccc(COCCN2CCCC2)cc1)=C(/Cl)c1ccccc1C. The number of benzene rings is 2. The second-order valence-electron chi connectivity index (χ2n) is 7.50. The van der Waals surface area contributed by atoms with Crippen molar-refractivity contribution in [1.29, 1.82) is 0 Å². The lowest BCUT2D eigenvalue weighted by Gasteiger charge is -2.14. The Bertz CT molecular complexity index is 760. The van der Waals surface area contributed by atoms with Crippen LogP contribution in [0.1, 0.15) is 42.0 Å². The highest BCUT2D eigenvalue weighted by molar-refractivity contribution is 6.49. The number of hydrogen-bond acceptors (Lipinski definition) is 2. The third-order valence-corrected chi connectivity index (χ3v) is 5.79. The molecule has 0 radical (unpaired) electrons. The van der Waals surface area contributed by atoms with E-state index in [0.29, 0.717) is 6.61 Å². The molecule has 0 spiro atoms. The Hall–Kier alpha value is -1.61. The molecule has 0 saturated carbocycles. The van der Waals surface area contributed by atoms with E-state index in [-0.39, 0.29) is 0 Å². The summed E-state index contributed by atoms with van der Waals surface area (Å²) in [6.45, 7) is 9.24. The van der Waals surface area contributed by atoms with Crippen LogP contribution in [0.3, 0.4) is 0 Å². The van der Waals surface area contributed by atoms with Gasteiger partial charge in [-0.1, -0.05) is 60.1 Å². The minimum absolute atomic E-state index is 0.687. The van der Waals surface area contributed by atoms with Gasteiger partial charge in [-0.2, -0.15) is 0 Å². The largest absolute Gasteiger partial charge is 0.375 e. The lowest BCUT2D eigenvalue weighted by Crippen LogP contribution is -2.23. The average Bonchev–Trinajstić information content (AvgIpc) is 3.20. The van der Waals surface area contributed by atoms with Gasteiger partial charge in [0, 0.05) is 11.6 Å². The summed E-state index contributed by atoms with van der Waals surface area (Å²) in [5.74, 6) is 0. The zero-order valence-electron chi connectivity index (χ0n) is 16.5. The first kappa shape index (κ1) is 20.1. The molecule has 0 aliphatic carbocycles. The third kappa shape index (κ3) is 5.93. The van der Waals surface area contributed by atoms with Crippen molar-refractivity contribution in [3.8, 4) is 0 Å². The van der Waals surface area contributed by atoms with E-state index in [9.17, 15) is 0 Å². The maximum Gasteiger partial charge on any atom is 0.0717 e. The van der Waals surface area contributed by atoms with Crippen molar-refractivity contribution in [2.75, 3.05) is 26.2 Å². The fourth-order valence-electron chi connectivity index (χ4n) is 3.58. The standard InChI is InChI=1S/C24H30ClNO/c1-19-7-3-4-8-23(19)24(25)20(2)17-21-9-11-22(12-10-21)18-27-16-15-26-13-5-6-14-26/h3-4,7-12H,5-6,13-18H2,1-2H3/b24-20-. The van der Waals surface area contributed by atoms with Crippen LogP contribution < -0.4 is 0 Å². The van der Waals surface area contributed by atoms with Crippen LogP contribution in [0.4, 0.5) is 0 Å². The predicted molar refractivity (Wildman–Crippen MR) is 115 cm³/mol. The molecule has 3 rings (SSSR count). The van der Waals surface area contributed by atoms with E-state index in [2.05, 4.69) is 55.1 Å². The van der Waals surface area contributed by atoms with Crippen LogP contribution >= 0.6 is 11.6 Å². The molecule has 1 heterocycles. The van der Waals surface area contributed by atoms with Gasteiger partial charge in [-0.05, 0) is 74.0 Å². The molecule has 1 saturated heterocycles. The highest BCUT2D eigenvalue weighted by atomic mass is 35.5. The van der Waals surface area contributed by atoms with E-state index in [4.69, 9.17) is 16.3 Å². The Morgan fingerprint density at radius 3 is 2.37 bits per heavy atom. The molecule has 0 bridgehead atoms. The number of nitrogens with zero attached hydrogens (tertiary/aromatic N) is 1. The molecule has 0 amide bonds. The molecule has 144 valence electrons. The first-order valence-corrected chi connectivity index (χ1v) is 10.3. The van der Waals surface area contributed by atoms with Crippen molar-refractivity contribution >= 4 is 16.6 Å². The van der Waals surface area contributed by atoms with Gasteiger partial charge in [-0.25, -0.2) is 0 Å². The molecule has 3 heteroatoms.